The Morgan fingerprint density at radius 2 is 0.856 bits per heavy atom. The summed E-state index contributed by atoms with van der Waals surface area (Å²) in [5.74, 6) is -7.54. The number of nitrogens with one attached hydrogen (secondary N) is 2. The Hall–Kier alpha value is -10.8. The smallest absolute Gasteiger partial charge is 0.342 e. The number of nitrogens with two attached hydrogens (primary N) is 2. The van der Waals surface area contributed by atoms with Crippen LogP contribution in [0.4, 0.5) is 0 Å². The topological polar surface area (TPSA) is 371 Å². The Kier molecular flexibility index (Phi) is 17.8. The molecule has 26 heteroatoms. The number of carboxylic acid groups (broad SMARTS) is 2. The van der Waals surface area contributed by atoms with E-state index in [0.29, 0.717) is 66.1 Å². The number of cyclic esters (lactones) is 2. The van der Waals surface area contributed by atoms with E-state index in [1.807, 2.05) is 39.8 Å². The minimum absolute atomic E-state index is 0.0407. The fraction of sp³-hybridized carbons (Fsp3) is 0.239. The number of amides is 4. The maximum Gasteiger partial charge on any atom is 0.342 e. The number of hydrogen-bond acceptors (Lipinski definition) is 20. The minimum Gasteiger partial charge on any atom is -0.507 e. The summed E-state index contributed by atoms with van der Waals surface area (Å²) in [5, 5.41) is 47.4. The minimum atomic E-state index is -1.28. The summed E-state index contributed by atoms with van der Waals surface area (Å²) < 4.78 is 20.1. The zero-order valence-corrected chi connectivity index (χ0v) is 53.6. The molecule has 0 saturated carbocycles. The number of thioether (sulfide) groups is 2. The van der Waals surface area contributed by atoms with Gasteiger partial charge in [0.05, 0.1) is 11.1 Å². The van der Waals surface area contributed by atoms with Gasteiger partial charge in [0.25, 0.3) is 12.6 Å². The van der Waals surface area contributed by atoms with Crippen molar-refractivity contribution >= 4 is 105 Å². The van der Waals surface area contributed by atoms with Gasteiger partial charge in [0, 0.05) is 38.2 Å². The fourth-order valence-corrected chi connectivity index (χ4v) is 16.0. The van der Waals surface area contributed by atoms with Crippen LogP contribution in [0.1, 0.15) is 127 Å². The normalized spacial score (nSPS) is 22.4. The molecular formula is C71H62N6O18S2. The molecule has 4 unspecified atom stereocenters. The predicted molar refractivity (Wildman–Crippen MR) is 352 cm³/mol. The number of esters is 4. The highest BCUT2D eigenvalue weighted by atomic mass is 32.2. The Labute approximate surface area is 561 Å². The number of benzene rings is 8. The quantitative estimate of drug-likeness (QED) is 0.0382. The number of phenols is 2. The van der Waals surface area contributed by atoms with Crippen LogP contribution in [0.5, 0.6) is 11.5 Å². The van der Waals surface area contributed by atoms with E-state index in [1.54, 1.807) is 146 Å². The van der Waals surface area contributed by atoms with Crippen LogP contribution in [-0.4, -0.2) is 134 Å². The van der Waals surface area contributed by atoms with E-state index < -0.39 is 128 Å². The molecule has 10 atom stereocenters. The van der Waals surface area contributed by atoms with E-state index in [4.69, 9.17) is 30.4 Å². The highest BCUT2D eigenvalue weighted by molar-refractivity contribution is 8.02. The van der Waals surface area contributed by atoms with Crippen LogP contribution >= 0.6 is 23.5 Å². The van der Waals surface area contributed by atoms with Crippen molar-refractivity contribution < 1.29 is 87.3 Å². The third-order valence-electron chi connectivity index (χ3n) is 17.6. The lowest BCUT2D eigenvalue weighted by Crippen LogP contribution is -2.71. The molecule has 4 saturated heterocycles. The molecule has 6 aliphatic rings. The summed E-state index contributed by atoms with van der Waals surface area (Å²) in [6.45, 7) is 7.33. The van der Waals surface area contributed by atoms with E-state index >= 15 is 0 Å². The number of β-lactam (4-membered cyclic amide) rings is 2. The maximum absolute atomic E-state index is 13.2. The predicted octanol–water partition coefficient (Wildman–Crippen LogP) is 7.68. The average Bonchev–Trinajstić information content (AvgIpc) is 1.57. The van der Waals surface area contributed by atoms with Gasteiger partial charge in [-0.3, -0.25) is 19.2 Å². The lowest BCUT2D eigenvalue weighted by Gasteiger charge is -2.44. The summed E-state index contributed by atoms with van der Waals surface area (Å²) in [6.07, 6.45) is -2.36. The van der Waals surface area contributed by atoms with Gasteiger partial charge in [-0.25, -0.2) is 28.8 Å². The number of rotatable bonds is 14. The number of aromatic hydroxyl groups is 2. The molecule has 0 spiro atoms. The van der Waals surface area contributed by atoms with Crippen molar-refractivity contribution in [2.24, 2.45) is 11.5 Å². The number of aromatic carboxylic acids is 2. The third kappa shape index (κ3) is 12.3. The molecule has 0 bridgehead atoms. The van der Waals surface area contributed by atoms with Gasteiger partial charge in [-0.2, -0.15) is 0 Å². The molecule has 4 fully saturated rings. The third-order valence-corrected chi connectivity index (χ3v) is 20.8. The van der Waals surface area contributed by atoms with Crippen LogP contribution in [0, 0.1) is 0 Å². The summed E-state index contributed by atoms with van der Waals surface area (Å²) in [7, 11) is 0. The summed E-state index contributed by atoms with van der Waals surface area (Å²) in [4.78, 5) is 128. The molecule has 0 aromatic heterocycles. The number of nitrogens with zero attached hydrogens (tertiary/aromatic N) is 2. The lowest BCUT2D eigenvalue weighted by atomic mass is 9.90. The number of fused-ring (bicyclic) bond motifs is 6. The van der Waals surface area contributed by atoms with E-state index in [0.717, 1.165) is 0 Å². The molecule has 24 nitrogen and oxygen atoms in total. The number of hydrogen-bond donors (Lipinski definition) is 8. The molecule has 8 aromatic carbocycles. The summed E-state index contributed by atoms with van der Waals surface area (Å²) in [5.41, 5.74) is 15.1. The summed E-state index contributed by atoms with van der Waals surface area (Å²) in [6, 6.07) is 42.6. The van der Waals surface area contributed by atoms with Crippen LogP contribution in [0.15, 0.2) is 170 Å². The van der Waals surface area contributed by atoms with E-state index in [1.165, 1.54) is 45.5 Å². The molecule has 6 heterocycles. The largest absolute Gasteiger partial charge is 0.507 e. The Morgan fingerprint density at radius 1 is 0.515 bits per heavy atom. The number of carboxylic acids is 2. The zero-order valence-electron chi connectivity index (χ0n) is 52.0. The first-order chi connectivity index (χ1) is 46.3. The zero-order chi connectivity index (χ0) is 69.1. The standard InChI is InChI=1S/2C24H23N3O6S.C23H16O6/c2*1-24(2)17(22(31)33-23-14-11-7-6-10-13(14)21(30)32-23)27-19(29)16(20(27)34-24)26-18(28)15(25)12-8-4-3-5-9-12;24-20-16(14-7-3-1-5-12(14)9-18(20)22(26)27)11-17-15-8-4-2-6-13(15)10-19(21(17)25)23(28)29/h2*3-11,15-17,20,23H,25H2,1-2H3,(H,26,28);1-10,24-25H,11H2,(H,26,27)(H,28,29)/t2*15?,16-,17+,20-,23?;/m11./s1. The maximum atomic E-state index is 13.2. The van der Waals surface area contributed by atoms with Crippen LogP contribution in [0.25, 0.3) is 21.5 Å². The molecular weight excluding hydrogens is 1290 g/mol. The molecule has 6 aliphatic heterocycles. The van der Waals surface area contributed by atoms with Gasteiger partial charge < -0.3 is 71.3 Å². The van der Waals surface area contributed by atoms with Gasteiger partial charge in [0.2, 0.25) is 23.6 Å². The van der Waals surface area contributed by atoms with Crippen molar-refractivity contribution in [3.05, 3.63) is 225 Å². The Balaban J connectivity index is 0.000000139. The molecule has 97 heavy (non-hydrogen) atoms. The highest BCUT2D eigenvalue weighted by Gasteiger charge is 2.66. The second-order valence-corrected chi connectivity index (χ2v) is 28.1. The first-order valence-corrected chi connectivity index (χ1v) is 32.2. The monoisotopic (exact) mass is 1350 g/mol. The molecule has 0 radical (unpaired) electrons. The fourth-order valence-electron chi connectivity index (χ4n) is 12.8. The molecule has 8 aromatic rings. The Morgan fingerprint density at radius 3 is 1.23 bits per heavy atom. The van der Waals surface area contributed by atoms with Crippen LogP contribution in [0.3, 0.4) is 0 Å². The van der Waals surface area contributed by atoms with Gasteiger partial charge in [-0.1, -0.05) is 146 Å². The van der Waals surface area contributed by atoms with Gasteiger partial charge >= 0.3 is 35.8 Å². The van der Waals surface area contributed by atoms with Crippen molar-refractivity contribution in [1.29, 1.82) is 0 Å². The van der Waals surface area contributed by atoms with Crippen molar-refractivity contribution in [3.8, 4) is 11.5 Å². The highest BCUT2D eigenvalue weighted by Crippen LogP contribution is 2.53. The SMILES string of the molecule is CC1(C)S[C@@H]2[C@H](NC(=O)C(N)c3ccccc3)C(=O)N2[C@H]1C(=O)OC1OC(=O)c2ccccc21.CC1(C)S[C@@H]2[C@H](NC(=O)C(N)c3ccccc3)C(=O)N2[C@H]1C(=O)OC1OC(=O)c2ccccc21.O=C(O)c1cc2ccccc2c(Cc2c(O)c(C(=O)O)cc3ccccc23)c1O. The Bertz CT molecular complexity index is 4310. The van der Waals surface area contributed by atoms with E-state index in [2.05, 4.69) is 10.6 Å². The first-order valence-electron chi connectivity index (χ1n) is 30.4. The average molecular weight is 1350 g/mol. The van der Waals surface area contributed by atoms with Gasteiger partial charge in [-0.15, -0.1) is 23.5 Å². The van der Waals surface area contributed by atoms with Gasteiger partial charge in [-0.05, 0) is 84.6 Å². The first kappa shape index (κ1) is 66.2. The van der Waals surface area contributed by atoms with Gasteiger partial charge in [0.1, 0.15) is 69.6 Å². The summed E-state index contributed by atoms with van der Waals surface area (Å²) >= 11 is 2.80. The van der Waals surface area contributed by atoms with Crippen molar-refractivity contribution in [1.82, 2.24) is 20.4 Å². The molecule has 10 N–H and O–H groups in total. The number of ether oxygens (including phenoxy) is 4. The van der Waals surface area contributed by atoms with Crippen molar-refractivity contribution in [2.45, 2.75) is 103 Å². The molecule has 496 valence electrons. The van der Waals surface area contributed by atoms with Crippen LogP contribution in [0.2, 0.25) is 0 Å². The molecule has 0 aliphatic carbocycles. The number of carbonyl (C=O) groups excluding carboxylic acids is 8. The lowest BCUT2D eigenvalue weighted by molar-refractivity contribution is -0.181. The van der Waals surface area contributed by atoms with Crippen LogP contribution < -0.4 is 22.1 Å². The molecule has 4 amide bonds. The molecule has 14 rings (SSSR count). The van der Waals surface area contributed by atoms with E-state index in [9.17, 15) is 68.4 Å². The van der Waals surface area contributed by atoms with Crippen molar-refractivity contribution in [3.63, 3.8) is 0 Å². The number of carbonyl (C=O) groups is 10. The second-order valence-electron chi connectivity index (χ2n) is 24.5. The van der Waals surface area contributed by atoms with Crippen LogP contribution in [-0.2, 0) is 54.1 Å². The van der Waals surface area contributed by atoms with Gasteiger partial charge in [0.15, 0.2) is 0 Å². The van der Waals surface area contributed by atoms with E-state index in [-0.39, 0.29) is 29.4 Å². The second kappa shape index (κ2) is 26.1. The van der Waals surface area contributed by atoms with Crippen molar-refractivity contribution in [2.75, 3.05) is 0 Å².